The van der Waals surface area contributed by atoms with Crippen LogP contribution in [-0.4, -0.2) is 53.9 Å². The smallest absolute Gasteiger partial charge is 0.276 e. The molecule has 0 unspecified atom stereocenters. The summed E-state index contributed by atoms with van der Waals surface area (Å²) in [6.45, 7) is 4.95. The van der Waals surface area contributed by atoms with E-state index in [1.54, 1.807) is 6.33 Å². The Bertz CT molecular complexity index is 882. The quantitative estimate of drug-likeness (QED) is 0.847. The monoisotopic (exact) mass is 364 g/mol. The van der Waals surface area contributed by atoms with Gasteiger partial charge < -0.3 is 9.88 Å². The van der Waals surface area contributed by atoms with Crippen molar-refractivity contribution in [2.75, 3.05) is 31.1 Å². The molecule has 25 heavy (non-hydrogen) atoms. The van der Waals surface area contributed by atoms with E-state index in [1.807, 2.05) is 12.3 Å². The zero-order valence-electron chi connectivity index (χ0n) is 14.4. The van der Waals surface area contributed by atoms with E-state index in [1.165, 1.54) is 4.31 Å². The molecule has 2 aromatic rings. The second kappa shape index (κ2) is 5.93. The Morgan fingerprint density at radius 3 is 2.88 bits per heavy atom. The van der Waals surface area contributed by atoms with E-state index < -0.39 is 10.2 Å². The lowest BCUT2D eigenvalue weighted by molar-refractivity contribution is 0.0439. The Hall–Kier alpha value is -1.71. The minimum atomic E-state index is -3.64. The predicted molar refractivity (Wildman–Crippen MR) is 96.2 cm³/mol. The van der Waals surface area contributed by atoms with Crippen molar-refractivity contribution in [3.63, 3.8) is 0 Å². The zero-order chi connectivity index (χ0) is 17.7. The van der Waals surface area contributed by atoms with Crippen molar-refractivity contribution in [3.8, 4) is 0 Å². The molecular weight excluding hydrogens is 340 g/mol. The Morgan fingerprint density at radius 1 is 1.32 bits per heavy atom. The molecule has 4 rings (SSSR count). The first-order chi connectivity index (χ1) is 11.9. The molecule has 4 heterocycles. The fourth-order valence-electron chi connectivity index (χ4n) is 4.55. The normalized spacial score (nSPS) is 28.2. The highest BCUT2D eigenvalue weighted by molar-refractivity contribution is 7.86. The second-order valence-electron chi connectivity index (χ2n) is 7.20. The third-order valence-corrected chi connectivity index (χ3v) is 7.22. The van der Waals surface area contributed by atoms with Gasteiger partial charge in [0, 0.05) is 32.4 Å². The number of nitrogens with one attached hydrogen (secondary N) is 1. The number of hydrogen-bond acceptors (Lipinski definition) is 5. The van der Waals surface area contributed by atoms with Crippen LogP contribution in [-0.2, 0) is 10.2 Å². The summed E-state index contributed by atoms with van der Waals surface area (Å²) >= 11 is 0. The van der Waals surface area contributed by atoms with Crippen LogP contribution in [0.25, 0.3) is 11.0 Å². The molecule has 0 aromatic carbocycles. The number of H-pyrrole nitrogens is 1. The molecule has 0 radical (unpaired) electrons. The third-order valence-electron chi connectivity index (χ3n) is 6.17. The van der Waals surface area contributed by atoms with Crippen molar-refractivity contribution in [2.45, 2.75) is 26.2 Å². The summed E-state index contributed by atoms with van der Waals surface area (Å²) in [7, 11) is -3.64. The van der Waals surface area contributed by atoms with Gasteiger partial charge in [-0.25, -0.2) is 15.1 Å². The SMILES string of the molecule is CC[C@@]12CCN(c3ncnc4[nH]ccc34)C[C@@H]1CN(S(N)(=O)=O)CC2. The molecule has 2 fully saturated rings. The molecule has 9 heteroatoms. The zero-order valence-corrected chi connectivity index (χ0v) is 15.2. The molecule has 0 amide bonds. The molecule has 8 nitrogen and oxygen atoms in total. The summed E-state index contributed by atoms with van der Waals surface area (Å²) in [5.74, 6) is 1.17. The standard InChI is InChI=1S/C16H24N6O2S/c1-2-16-4-7-21(15-13-3-6-18-14(13)19-11-20-15)9-12(16)10-22(8-5-16)25(17,23)24/h3,6,11-12H,2,4-5,7-10H2,1H3,(H2,17,23,24)(H,18,19,20)/t12-,16+/m1/s1. The molecule has 2 atom stereocenters. The summed E-state index contributed by atoms with van der Waals surface area (Å²) in [6.07, 6.45) is 6.43. The van der Waals surface area contributed by atoms with E-state index in [0.29, 0.717) is 13.1 Å². The highest BCUT2D eigenvalue weighted by Crippen LogP contribution is 2.47. The maximum Gasteiger partial charge on any atom is 0.276 e. The lowest BCUT2D eigenvalue weighted by Gasteiger charge is -2.52. The summed E-state index contributed by atoms with van der Waals surface area (Å²) in [4.78, 5) is 14.1. The van der Waals surface area contributed by atoms with Crippen LogP contribution in [0.4, 0.5) is 5.82 Å². The van der Waals surface area contributed by atoms with E-state index in [4.69, 9.17) is 5.14 Å². The number of piperidine rings is 2. The Morgan fingerprint density at radius 2 is 2.12 bits per heavy atom. The lowest BCUT2D eigenvalue weighted by Crippen LogP contribution is -2.57. The van der Waals surface area contributed by atoms with Gasteiger partial charge in [0.25, 0.3) is 10.2 Å². The average Bonchev–Trinajstić information content (AvgIpc) is 3.08. The number of nitrogens with zero attached hydrogens (tertiary/aromatic N) is 4. The summed E-state index contributed by atoms with van der Waals surface area (Å²) < 4.78 is 25.1. The van der Waals surface area contributed by atoms with Crippen LogP contribution in [0.2, 0.25) is 0 Å². The fourth-order valence-corrected chi connectivity index (χ4v) is 5.29. The van der Waals surface area contributed by atoms with Gasteiger partial charge in [-0.2, -0.15) is 12.7 Å². The number of anilines is 1. The van der Waals surface area contributed by atoms with E-state index >= 15 is 0 Å². The van der Waals surface area contributed by atoms with Crippen LogP contribution in [0.15, 0.2) is 18.6 Å². The predicted octanol–water partition coefficient (Wildman–Crippen LogP) is 1.09. The van der Waals surface area contributed by atoms with Gasteiger partial charge in [-0.05, 0) is 36.7 Å². The molecule has 3 N–H and O–H groups in total. The van der Waals surface area contributed by atoms with Crippen molar-refractivity contribution in [1.82, 2.24) is 19.3 Å². The summed E-state index contributed by atoms with van der Waals surface area (Å²) in [5, 5.41) is 6.39. The highest BCUT2D eigenvalue weighted by atomic mass is 32.2. The molecule has 2 saturated heterocycles. The number of aromatic amines is 1. The number of aromatic nitrogens is 3. The molecule has 2 aliphatic rings. The minimum Gasteiger partial charge on any atom is -0.356 e. The maximum atomic E-state index is 11.8. The number of nitrogens with two attached hydrogens (primary N) is 1. The minimum absolute atomic E-state index is 0.196. The van der Waals surface area contributed by atoms with Crippen molar-refractivity contribution >= 4 is 27.1 Å². The molecular formula is C16H24N6O2S. The van der Waals surface area contributed by atoms with Gasteiger partial charge in [0.2, 0.25) is 0 Å². The van der Waals surface area contributed by atoms with Gasteiger partial charge in [0.05, 0.1) is 5.39 Å². The Balaban J connectivity index is 1.64. The van der Waals surface area contributed by atoms with Crippen molar-refractivity contribution in [3.05, 3.63) is 18.6 Å². The second-order valence-corrected chi connectivity index (χ2v) is 8.75. The van der Waals surface area contributed by atoms with E-state index in [2.05, 4.69) is 26.8 Å². The van der Waals surface area contributed by atoms with Gasteiger partial charge >= 0.3 is 0 Å². The van der Waals surface area contributed by atoms with Crippen molar-refractivity contribution in [2.24, 2.45) is 16.5 Å². The maximum absolute atomic E-state index is 11.8. The molecule has 0 spiro atoms. The number of rotatable bonds is 3. The van der Waals surface area contributed by atoms with Crippen LogP contribution < -0.4 is 10.0 Å². The fraction of sp³-hybridized carbons (Fsp3) is 0.625. The van der Waals surface area contributed by atoms with Crippen LogP contribution in [0.1, 0.15) is 26.2 Å². The number of fused-ring (bicyclic) bond motifs is 2. The van der Waals surface area contributed by atoms with Crippen LogP contribution in [0, 0.1) is 11.3 Å². The van der Waals surface area contributed by atoms with Gasteiger partial charge in [-0.1, -0.05) is 6.92 Å². The van der Waals surface area contributed by atoms with Crippen molar-refractivity contribution in [1.29, 1.82) is 0 Å². The molecule has 0 bridgehead atoms. The van der Waals surface area contributed by atoms with Gasteiger partial charge in [0.1, 0.15) is 17.8 Å². The molecule has 2 aromatic heterocycles. The van der Waals surface area contributed by atoms with Crippen molar-refractivity contribution < 1.29 is 8.42 Å². The molecule has 0 aliphatic carbocycles. The summed E-state index contributed by atoms with van der Waals surface area (Å²) in [6, 6.07) is 1.99. The first-order valence-corrected chi connectivity index (χ1v) is 10.2. The van der Waals surface area contributed by atoms with Crippen LogP contribution in [0.5, 0.6) is 0 Å². The van der Waals surface area contributed by atoms with Crippen LogP contribution in [0.3, 0.4) is 0 Å². The van der Waals surface area contributed by atoms with Gasteiger partial charge in [0.15, 0.2) is 0 Å². The first-order valence-electron chi connectivity index (χ1n) is 8.74. The summed E-state index contributed by atoms with van der Waals surface area (Å²) in [5.41, 5.74) is 1.02. The van der Waals surface area contributed by atoms with Gasteiger partial charge in [-0.15, -0.1) is 0 Å². The van der Waals surface area contributed by atoms with E-state index in [0.717, 1.165) is 49.2 Å². The topological polar surface area (TPSA) is 108 Å². The molecule has 136 valence electrons. The van der Waals surface area contributed by atoms with E-state index in [-0.39, 0.29) is 11.3 Å². The largest absolute Gasteiger partial charge is 0.356 e. The van der Waals surface area contributed by atoms with Gasteiger partial charge in [-0.3, -0.25) is 0 Å². The Kier molecular flexibility index (Phi) is 3.97. The average molecular weight is 364 g/mol. The Labute approximate surface area is 147 Å². The first kappa shape index (κ1) is 16.7. The van der Waals surface area contributed by atoms with E-state index in [9.17, 15) is 8.42 Å². The lowest BCUT2D eigenvalue weighted by atomic mass is 9.64. The third kappa shape index (κ3) is 2.80. The van der Waals surface area contributed by atoms with Crippen LogP contribution >= 0.6 is 0 Å². The molecule has 0 saturated carbocycles. The number of hydrogen-bond donors (Lipinski definition) is 2. The molecule has 2 aliphatic heterocycles. The highest BCUT2D eigenvalue weighted by Gasteiger charge is 2.47.